The van der Waals surface area contributed by atoms with Gasteiger partial charge in [0.2, 0.25) is 0 Å². The second-order valence-electron chi connectivity index (χ2n) is 12.6. The van der Waals surface area contributed by atoms with Crippen LogP contribution in [0.3, 0.4) is 0 Å². The average Bonchev–Trinajstić information content (AvgIpc) is 2.99. The molecule has 5 aromatic carbocycles. The van der Waals surface area contributed by atoms with Gasteiger partial charge in [0, 0.05) is 16.7 Å². The molecule has 0 amide bonds. The zero-order valence-electron chi connectivity index (χ0n) is 25.0. The topological polar surface area (TPSA) is 29.5 Å². The highest BCUT2D eigenvalue weighted by atomic mass is 16.5. The predicted octanol–water partition coefficient (Wildman–Crippen LogP) is 10.2. The number of benzene rings is 5. The number of hydrogen-bond donors (Lipinski definition) is 0. The highest BCUT2D eigenvalue weighted by Crippen LogP contribution is 2.53. The summed E-state index contributed by atoms with van der Waals surface area (Å²) < 4.78 is 5.79. The first-order valence-corrected chi connectivity index (χ1v) is 14.6. The van der Waals surface area contributed by atoms with Crippen molar-refractivity contribution in [3.63, 3.8) is 0 Å². The van der Waals surface area contributed by atoms with Gasteiger partial charge in [-0.2, -0.15) is 0 Å². The molecule has 210 valence electrons. The van der Waals surface area contributed by atoms with Crippen molar-refractivity contribution in [1.29, 1.82) is 0 Å². The Morgan fingerprint density at radius 2 is 1.55 bits per heavy atom. The molecule has 0 unspecified atom stereocenters. The van der Waals surface area contributed by atoms with Crippen LogP contribution in [0.2, 0.25) is 0 Å². The van der Waals surface area contributed by atoms with Gasteiger partial charge in [0.1, 0.15) is 12.9 Å². The number of carbonyl (C=O) groups is 1. The van der Waals surface area contributed by atoms with Crippen LogP contribution >= 0.6 is 0 Å². The third kappa shape index (κ3) is 4.90. The molecule has 0 saturated carbocycles. The Bertz CT molecular complexity index is 1810. The number of aldehydes is 1. The lowest BCUT2D eigenvalue weighted by Crippen LogP contribution is -2.31. The fourth-order valence-corrected chi connectivity index (χ4v) is 6.18. The minimum absolute atomic E-state index is 0.103. The van der Waals surface area contributed by atoms with E-state index < -0.39 is 0 Å². The summed E-state index contributed by atoms with van der Waals surface area (Å²) in [6.07, 6.45) is 4.56. The molecule has 42 heavy (non-hydrogen) atoms. The monoisotopic (exact) mass is 551 g/mol. The van der Waals surface area contributed by atoms with Crippen molar-refractivity contribution in [3.05, 3.63) is 143 Å². The molecule has 5 aromatic rings. The van der Waals surface area contributed by atoms with Gasteiger partial charge in [-0.05, 0) is 80.4 Å². The fourth-order valence-electron chi connectivity index (χ4n) is 6.18. The molecular weight excluding hydrogens is 514 g/mol. The summed E-state index contributed by atoms with van der Waals surface area (Å²) in [5.74, 6) is 0. The molecule has 0 spiro atoms. The Morgan fingerprint density at radius 3 is 2.31 bits per heavy atom. The Hall–Kier alpha value is -4.63. The number of para-hydroxylation sites is 1. The number of carbonyl (C=O) groups excluding carboxylic acids is 1. The maximum atomic E-state index is 11.3. The minimum Gasteiger partial charge on any atom is -0.496 e. The largest absolute Gasteiger partial charge is 0.496 e. The minimum atomic E-state index is -0.181. The Kier molecular flexibility index (Phi) is 6.98. The number of fused-ring (bicyclic) bond motifs is 4. The highest BCUT2D eigenvalue weighted by molar-refractivity contribution is 5.98. The molecule has 6 rings (SSSR count). The average molecular weight is 552 g/mol. The van der Waals surface area contributed by atoms with Gasteiger partial charge in [0.15, 0.2) is 0 Å². The molecule has 3 heteroatoms. The van der Waals surface area contributed by atoms with Crippen molar-refractivity contribution in [2.45, 2.75) is 52.1 Å². The van der Waals surface area contributed by atoms with Gasteiger partial charge in [0.25, 0.3) is 0 Å². The first-order valence-electron chi connectivity index (χ1n) is 14.6. The molecule has 0 bridgehead atoms. The van der Waals surface area contributed by atoms with Gasteiger partial charge in [-0.1, -0.05) is 107 Å². The van der Waals surface area contributed by atoms with Gasteiger partial charge in [-0.3, -0.25) is 4.79 Å². The van der Waals surface area contributed by atoms with Crippen molar-refractivity contribution in [1.82, 2.24) is 0 Å². The SMILES string of the molecule is CC(C)(C)c1ccc(N2c3ccccc3C(C)(C)c3c2ccc2cc(C=COCc4ccccc4C=O)ccc32)cc1. The van der Waals surface area contributed by atoms with Crippen LogP contribution in [0.25, 0.3) is 16.8 Å². The summed E-state index contributed by atoms with van der Waals surface area (Å²) in [4.78, 5) is 13.7. The molecule has 1 heterocycles. The van der Waals surface area contributed by atoms with Crippen molar-refractivity contribution < 1.29 is 9.53 Å². The number of ether oxygens (including phenoxy) is 1. The molecule has 0 radical (unpaired) electrons. The van der Waals surface area contributed by atoms with E-state index in [1.165, 1.54) is 44.5 Å². The normalized spacial score (nSPS) is 14.1. The molecule has 0 atom stereocenters. The van der Waals surface area contributed by atoms with E-state index >= 15 is 0 Å². The number of nitrogens with zero attached hydrogens (tertiary/aromatic N) is 1. The molecule has 1 aliphatic heterocycles. The maximum absolute atomic E-state index is 11.3. The van der Waals surface area contributed by atoms with Gasteiger partial charge in [0.05, 0.1) is 17.6 Å². The maximum Gasteiger partial charge on any atom is 0.150 e. The van der Waals surface area contributed by atoms with Crippen LogP contribution in [0.5, 0.6) is 0 Å². The van der Waals surface area contributed by atoms with Gasteiger partial charge < -0.3 is 9.64 Å². The van der Waals surface area contributed by atoms with Crippen LogP contribution in [-0.2, 0) is 22.2 Å². The second kappa shape index (κ2) is 10.6. The molecule has 0 N–H and O–H groups in total. The first kappa shape index (κ1) is 27.5. The summed E-state index contributed by atoms with van der Waals surface area (Å²) in [6.45, 7) is 11.8. The van der Waals surface area contributed by atoms with Gasteiger partial charge in [-0.25, -0.2) is 0 Å². The highest BCUT2D eigenvalue weighted by Gasteiger charge is 2.38. The van der Waals surface area contributed by atoms with Gasteiger partial charge in [-0.15, -0.1) is 0 Å². The van der Waals surface area contributed by atoms with Crippen molar-refractivity contribution in [3.8, 4) is 0 Å². The molecule has 0 fully saturated rings. The van der Waals surface area contributed by atoms with Crippen LogP contribution in [0.4, 0.5) is 17.1 Å². The predicted molar refractivity (Wildman–Crippen MR) is 175 cm³/mol. The molecule has 1 aliphatic rings. The third-order valence-corrected chi connectivity index (χ3v) is 8.48. The summed E-state index contributed by atoms with van der Waals surface area (Å²) in [7, 11) is 0. The summed E-state index contributed by atoms with van der Waals surface area (Å²) >= 11 is 0. The van der Waals surface area contributed by atoms with Gasteiger partial charge >= 0.3 is 0 Å². The van der Waals surface area contributed by atoms with E-state index in [0.717, 1.165) is 17.4 Å². The van der Waals surface area contributed by atoms with Crippen LogP contribution in [0, 0.1) is 0 Å². The Balaban J connectivity index is 1.38. The van der Waals surface area contributed by atoms with E-state index in [2.05, 4.69) is 118 Å². The quantitative estimate of drug-likeness (QED) is 0.155. The van der Waals surface area contributed by atoms with E-state index in [-0.39, 0.29) is 10.8 Å². The smallest absolute Gasteiger partial charge is 0.150 e. The fraction of sp³-hybridized carbons (Fsp3) is 0.205. The first-order chi connectivity index (χ1) is 20.2. The summed E-state index contributed by atoms with van der Waals surface area (Å²) in [5.41, 5.74) is 10.1. The molecular formula is C39H37NO2. The second-order valence-corrected chi connectivity index (χ2v) is 12.6. The molecule has 3 nitrogen and oxygen atoms in total. The lowest BCUT2D eigenvalue weighted by Gasteiger charge is -2.42. The standard InChI is InChI=1S/C39H37NO2/c1-38(2,3)31-16-18-32(19-17-31)40-35-13-9-8-12-34(35)39(4,5)37-33-20-14-27(24-28(33)15-21-36(37)40)22-23-42-26-30-11-7-6-10-29(30)25-41/h6-25H,26H2,1-5H3. The number of hydrogen-bond acceptors (Lipinski definition) is 3. The van der Waals surface area contributed by atoms with Crippen molar-refractivity contribution >= 4 is 40.2 Å². The number of anilines is 3. The number of rotatable bonds is 6. The van der Waals surface area contributed by atoms with Crippen molar-refractivity contribution in [2.24, 2.45) is 0 Å². The molecule has 0 saturated heterocycles. The van der Waals surface area contributed by atoms with E-state index in [1.54, 1.807) is 12.3 Å². The molecule has 0 aliphatic carbocycles. The summed E-state index contributed by atoms with van der Waals surface area (Å²) in [5, 5.41) is 2.44. The van der Waals surface area contributed by atoms with E-state index in [0.29, 0.717) is 12.2 Å². The van der Waals surface area contributed by atoms with E-state index in [1.807, 2.05) is 24.3 Å². The van der Waals surface area contributed by atoms with Crippen molar-refractivity contribution in [2.75, 3.05) is 4.90 Å². The van der Waals surface area contributed by atoms with Crippen LogP contribution < -0.4 is 4.90 Å². The summed E-state index contributed by atoms with van der Waals surface area (Å²) in [6, 6.07) is 36.4. The third-order valence-electron chi connectivity index (χ3n) is 8.48. The van der Waals surface area contributed by atoms with E-state index in [4.69, 9.17) is 4.74 Å². The molecule has 0 aromatic heterocycles. The lowest BCUT2D eigenvalue weighted by atomic mass is 9.71. The van der Waals surface area contributed by atoms with Crippen LogP contribution in [0.15, 0.2) is 109 Å². The van der Waals surface area contributed by atoms with Crippen LogP contribution in [-0.4, -0.2) is 6.29 Å². The zero-order chi connectivity index (χ0) is 29.5. The lowest BCUT2D eigenvalue weighted by molar-refractivity contribution is 0.112. The van der Waals surface area contributed by atoms with Crippen LogP contribution in [0.1, 0.15) is 72.8 Å². The van der Waals surface area contributed by atoms with E-state index in [9.17, 15) is 4.79 Å². The Morgan fingerprint density at radius 1 is 0.810 bits per heavy atom. The zero-order valence-corrected chi connectivity index (χ0v) is 25.0. The Labute approximate surface area is 249 Å².